The van der Waals surface area contributed by atoms with Gasteiger partial charge in [-0.2, -0.15) is 0 Å². The Morgan fingerprint density at radius 2 is 2.17 bits per heavy atom. The van der Waals surface area contributed by atoms with Crippen molar-refractivity contribution in [2.75, 3.05) is 36.5 Å². The third-order valence-corrected chi connectivity index (χ3v) is 4.74. The molecule has 5 nitrogen and oxygen atoms in total. The molecule has 2 rings (SSSR count). The molecule has 134 valence electrons. The number of nitrogens with zero attached hydrogens (tertiary/aromatic N) is 2. The number of anilines is 2. The largest absolute Gasteiger partial charge is 0.395 e. The third-order valence-electron chi connectivity index (χ3n) is 4.74. The molecule has 1 unspecified atom stereocenters. The van der Waals surface area contributed by atoms with Crippen LogP contribution in [0.25, 0.3) is 0 Å². The number of carbonyl (C=O) groups excluding carboxylic acids is 1. The van der Waals surface area contributed by atoms with E-state index in [2.05, 4.69) is 29.3 Å². The van der Waals surface area contributed by atoms with E-state index in [-0.39, 0.29) is 12.6 Å². The number of piperidine rings is 1. The van der Waals surface area contributed by atoms with Crippen molar-refractivity contribution in [1.82, 2.24) is 4.90 Å². The molecule has 0 spiro atoms. The Bertz CT molecular complexity index is 541. The first-order valence-corrected chi connectivity index (χ1v) is 9.11. The molecule has 1 aliphatic rings. The number of rotatable bonds is 6. The number of carbonyl (C=O) groups is 1. The first kappa shape index (κ1) is 18.6. The number of aryl methyl sites for hydroxylation is 1. The highest BCUT2D eigenvalue weighted by molar-refractivity contribution is 5.90. The lowest BCUT2D eigenvalue weighted by molar-refractivity contribution is 0.188. The first-order chi connectivity index (χ1) is 11.6. The highest BCUT2D eigenvalue weighted by Gasteiger charge is 2.19. The smallest absolute Gasteiger partial charge is 0.321 e. The minimum absolute atomic E-state index is 0.0157. The molecule has 5 heteroatoms. The van der Waals surface area contributed by atoms with Crippen LogP contribution in [0.5, 0.6) is 0 Å². The van der Waals surface area contributed by atoms with Gasteiger partial charge in [-0.3, -0.25) is 0 Å². The van der Waals surface area contributed by atoms with Gasteiger partial charge >= 0.3 is 6.03 Å². The summed E-state index contributed by atoms with van der Waals surface area (Å²) < 4.78 is 0. The van der Waals surface area contributed by atoms with Gasteiger partial charge in [0.2, 0.25) is 0 Å². The molecule has 0 radical (unpaired) electrons. The SMILES string of the molecule is CCCN(CCO)C(=O)Nc1ccc(N2CCCCC2C)cc1C. The van der Waals surface area contributed by atoms with Crippen LogP contribution in [-0.4, -0.2) is 48.3 Å². The van der Waals surface area contributed by atoms with Crippen molar-refractivity contribution in [3.63, 3.8) is 0 Å². The Balaban J connectivity index is 2.07. The van der Waals surface area contributed by atoms with Crippen molar-refractivity contribution in [3.8, 4) is 0 Å². The maximum absolute atomic E-state index is 12.4. The van der Waals surface area contributed by atoms with E-state index in [1.807, 2.05) is 19.9 Å². The number of aliphatic hydroxyl groups is 1. The molecule has 0 aliphatic carbocycles. The molecule has 1 aromatic carbocycles. The molecule has 1 atom stereocenters. The molecule has 1 saturated heterocycles. The quantitative estimate of drug-likeness (QED) is 0.836. The second-order valence-corrected chi connectivity index (χ2v) is 6.68. The lowest BCUT2D eigenvalue weighted by Gasteiger charge is -2.35. The predicted molar refractivity (Wildman–Crippen MR) is 99.8 cm³/mol. The molecule has 2 N–H and O–H groups in total. The molecule has 0 saturated carbocycles. The zero-order valence-electron chi connectivity index (χ0n) is 15.2. The van der Waals surface area contributed by atoms with E-state index < -0.39 is 0 Å². The monoisotopic (exact) mass is 333 g/mol. The topological polar surface area (TPSA) is 55.8 Å². The Morgan fingerprint density at radius 1 is 1.38 bits per heavy atom. The molecule has 1 fully saturated rings. The number of hydrogen-bond donors (Lipinski definition) is 2. The van der Waals surface area contributed by atoms with Gasteiger partial charge in [-0.25, -0.2) is 4.79 Å². The highest BCUT2D eigenvalue weighted by Crippen LogP contribution is 2.28. The summed E-state index contributed by atoms with van der Waals surface area (Å²) in [6, 6.07) is 6.68. The van der Waals surface area contributed by atoms with Crippen LogP contribution in [0, 0.1) is 6.92 Å². The summed E-state index contributed by atoms with van der Waals surface area (Å²) >= 11 is 0. The van der Waals surface area contributed by atoms with Gasteiger partial charge < -0.3 is 20.2 Å². The van der Waals surface area contributed by atoms with Crippen LogP contribution in [0.2, 0.25) is 0 Å². The minimum atomic E-state index is -0.145. The normalized spacial score (nSPS) is 17.7. The van der Waals surface area contributed by atoms with Crippen LogP contribution in [0.15, 0.2) is 18.2 Å². The van der Waals surface area contributed by atoms with Gasteiger partial charge in [-0.15, -0.1) is 0 Å². The molecular weight excluding hydrogens is 302 g/mol. The van der Waals surface area contributed by atoms with E-state index >= 15 is 0 Å². The summed E-state index contributed by atoms with van der Waals surface area (Å²) in [4.78, 5) is 16.5. The summed E-state index contributed by atoms with van der Waals surface area (Å²) in [5, 5.41) is 12.1. The molecular formula is C19H31N3O2. The van der Waals surface area contributed by atoms with Crippen LogP contribution < -0.4 is 10.2 Å². The number of benzene rings is 1. The standard InChI is InChI=1S/C19H31N3O2/c1-4-10-21(12-13-23)19(24)20-18-9-8-17(14-15(18)2)22-11-6-5-7-16(22)3/h8-9,14,16,23H,4-7,10-13H2,1-3H3,(H,20,24). The van der Waals surface area contributed by atoms with Gasteiger partial charge in [-0.05, 0) is 63.3 Å². The van der Waals surface area contributed by atoms with Crippen molar-refractivity contribution >= 4 is 17.4 Å². The lowest BCUT2D eigenvalue weighted by Crippen LogP contribution is -2.38. The van der Waals surface area contributed by atoms with Crippen LogP contribution in [0.4, 0.5) is 16.2 Å². The van der Waals surface area contributed by atoms with Crippen LogP contribution in [0.3, 0.4) is 0 Å². The molecule has 0 aromatic heterocycles. The maximum atomic E-state index is 12.4. The average Bonchev–Trinajstić information content (AvgIpc) is 2.57. The van der Waals surface area contributed by atoms with E-state index in [1.165, 1.54) is 24.9 Å². The summed E-state index contributed by atoms with van der Waals surface area (Å²) in [5.74, 6) is 0. The van der Waals surface area contributed by atoms with Gasteiger partial charge in [0.1, 0.15) is 0 Å². The highest BCUT2D eigenvalue weighted by atomic mass is 16.3. The van der Waals surface area contributed by atoms with Crippen LogP contribution in [-0.2, 0) is 0 Å². The van der Waals surface area contributed by atoms with E-state index in [9.17, 15) is 4.79 Å². The molecule has 24 heavy (non-hydrogen) atoms. The van der Waals surface area contributed by atoms with Crippen LogP contribution in [0.1, 0.15) is 45.1 Å². The second-order valence-electron chi connectivity index (χ2n) is 6.68. The molecule has 0 bridgehead atoms. The fraction of sp³-hybridized carbons (Fsp3) is 0.632. The summed E-state index contributed by atoms with van der Waals surface area (Å²) in [6.45, 7) is 8.44. The number of aliphatic hydroxyl groups excluding tert-OH is 1. The molecule has 1 heterocycles. The average molecular weight is 333 g/mol. The lowest BCUT2D eigenvalue weighted by atomic mass is 10.0. The third kappa shape index (κ3) is 4.63. The van der Waals surface area contributed by atoms with Gasteiger partial charge in [0.15, 0.2) is 0 Å². The van der Waals surface area contributed by atoms with Crippen molar-refractivity contribution in [1.29, 1.82) is 0 Å². The number of hydrogen-bond acceptors (Lipinski definition) is 3. The van der Waals surface area contributed by atoms with E-state index in [0.717, 1.165) is 24.2 Å². The van der Waals surface area contributed by atoms with Crippen molar-refractivity contribution in [3.05, 3.63) is 23.8 Å². The predicted octanol–water partition coefficient (Wildman–Crippen LogP) is 3.61. The number of urea groups is 1. The summed E-state index contributed by atoms with van der Waals surface area (Å²) in [5.41, 5.74) is 3.14. The van der Waals surface area contributed by atoms with E-state index in [1.54, 1.807) is 4.90 Å². The number of amides is 2. The minimum Gasteiger partial charge on any atom is -0.395 e. The van der Waals surface area contributed by atoms with Crippen molar-refractivity contribution < 1.29 is 9.90 Å². The number of nitrogens with one attached hydrogen (secondary N) is 1. The van der Waals surface area contributed by atoms with Crippen molar-refractivity contribution in [2.24, 2.45) is 0 Å². The van der Waals surface area contributed by atoms with Gasteiger partial charge in [0.05, 0.1) is 6.61 Å². The van der Waals surface area contributed by atoms with E-state index in [0.29, 0.717) is 19.1 Å². The molecule has 1 aliphatic heterocycles. The fourth-order valence-electron chi connectivity index (χ4n) is 3.35. The van der Waals surface area contributed by atoms with Gasteiger partial charge in [0.25, 0.3) is 0 Å². The van der Waals surface area contributed by atoms with Gasteiger partial charge in [-0.1, -0.05) is 6.92 Å². The first-order valence-electron chi connectivity index (χ1n) is 9.11. The maximum Gasteiger partial charge on any atom is 0.321 e. The van der Waals surface area contributed by atoms with Gasteiger partial charge in [0, 0.05) is 37.1 Å². The van der Waals surface area contributed by atoms with Crippen LogP contribution >= 0.6 is 0 Å². The second kappa shape index (κ2) is 8.92. The zero-order chi connectivity index (χ0) is 17.5. The molecule has 1 aromatic rings. The Kier molecular flexibility index (Phi) is 6.91. The summed E-state index contributed by atoms with van der Waals surface area (Å²) in [6.07, 6.45) is 4.67. The van der Waals surface area contributed by atoms with E-state index in [4.69, 9.17) is 5.11 Å². The van der Waals surface area contributed by atoms with Crippen molar-refractivity contribution in [2.45, 2.75) is 52.5 Å². The Morgan fingerprint density at radius 3 is 2.79 bits per heavy atom. The molecule has 2 amide bonds. The Hall–Kier alpha value is -1.75. The zero-order valence-corrected chi connectivity index (χ0v) is 15.2. The fourth-order valence-corrected chi connectivity index (χ4v) is 3.35. The Labute approximate surface area is 145 Å². The summed E-state index contributed by atoms with van der Waals surface area (Å²) in [7, 11) is 0.